The number of benzene rings is 3. The third-order valence-corrected chi connectivity index (χ3v) is 4.21. The van der Waals surface area contributed by atoms with E-state index in [0.717, 1.165) is 17.2 Å². The zero-order valence-corrected chi connectivity index (χ0v) is 15.9. The van der Waals surface area contributed by atoms with Crippen molar-refractivity contribution in [3.63, 3.8) is 0 Å². The number of rotatable bonds is 7. The normalized spacial score (nSPS) is 10.7. The number of hydrazone groups is 1. The molecule has 0 fully saturated rings. The van der Waals surface area contributed by atoms with Crippen molar-refractivity contribution in [2.24, 2.45) is 5.10 Å². The Morgan fingerprint density at radius 2 is 1.90 bits per heavy atom. The molecule has 1 N–H and O–H groups in total. The van der Waals surface area contributed by atoms with Gasteiger partial charge in [0, 0.05) is 11.6 Å². The van der Waals surface area contributed by atoms with E-state index < -0.39 is 10.8 Å². The minimum Gasteiger partial charge on any atom is -0.489 e. The molecule has 0 aliphatic rings. The van der Waals surface area contributed by atoms with Crippen molar-refractivity contribution in [2.45, 2.75) is 6.61 Å². The molecule has 0 radical (unpaired) electrons. The average molecular weight is 410 g/mol. The average Bonchev–Trinajstić information content (AvgIpc) is 2.73. The van der Waals surface area contributed by atoms with E-state index in [1.165, 1.54) is 18.3 Å². The van der Waals surface area contributed by atoms with E-state index in [1.807, 2.05) is 42.5 Å². The Kier molecular flexibility index (Phi) is 6.55. The van der Waals surface area contributed by atoms with Crippen LogP contribution < -0.4 is 10.2 Å². The van der Waals surface area contributed by atoms with E-state index in [9.17, 15) is 14.9 Å². The molecule has 146 valence electrons. The Balaban J connectivity index is 1.61. The van der Waals surface area contributed by atoms with Crippen molar-refractivity contribution in [1.29, 1.82) is 0 Å². The molecule has 0 aliphatic carbocycles. The largest absolute Gasteiger partial charge is 0.489 e. The van der Waals surface area contributed by atoms with Gasteiger partial charge in [-0.2, -0.15) is 5.10 Å². The number of hydrogen-bond donors (Lipinski definition) is 1. The summed E-state index contributed by atoms with van der Waals surface area (Å²) in [6.45, 7) is 0.438. The molecule has 0 heterocycles. The lowest BCUT2D eigenvalue weighted by Crippen LogP contribution is -2.17. The van der Waals surface area contributed by atoms with Crippen molar-refractivity contribution < 1.29 is 14.5 Å². The van der Waals surface area contributed by atoms with E-state index in [4.69, 9.17) is 16.3 Å². The summed E-state index contributed by atoms with van der Waals surface area (Å²) in [4.78, 5) is 22.4. The number of nitro benzene ring substituents is 1. The molecule has 0 aliphatic heterocycles. The highest BCUT2D eigenvalue weighted by Crippen LogP contribution is 2.25. The smallest absolute Gasteiger partial charge is 0.288 e. The van der Waals surface area contributed by atoms with E-state index in [-0.39, 0.29) is 16.3 Å². The Bertz CT molecular complexity index is 1050. The van der Waals surface area contributed by atoms with Crippen LogP contribution in [0, 0.1) is 10.1 Å². The van der Waals surface area contributed by atoms with Crippen LogP contribution in [0.3, 0.4) is 0 Å². The predicted octanol–water partition coefficient (Wildman–Crippen LogP) is 4.59. The lowest BCUT2D eigenvalue weighted by molar-refractivity contribution is -0.384. The van der Waals surface area contributed by atoms with Gasteiger partial charge in [0.15, 0.2) is 0 Å². The summed E-state index contributed by atoms with van der Waals surface area (Å²) in [7, 11) is 0. The molecular weight excluding hydrogens is 394 g/mol. The number of nitrogens with zero attached hydrogens (tertiary/aromatic N) is 2. The van der Waals surface area contributed by atoms with E-state index in [2.05, 4.69) is 10.5 Å². The zero-order chi connectivity index (χ0) is 20.6. The maximum Gasteiger partial charge on any atom is 0.288 e. The second-order valence-electron chi connectivity index (χ2n) is 5.97. The molecule has 0 unspecified atom stereocenters. The van der Waals surface area contributed by atoms with Crippen LogP contribution in [-0.4, -0.2) is 17.0 Å². The molecule has 0 bridgehead atoms. The van der Waals surface area contributed by atoms with Gasteiger partial charge < -0.3 is 4.74 Å². The van der Waals surface area contributed by atoms with Gasteiger partial charge in [0.2, 0.25) is 0 Å². The quantitative estimate of drug-likeness (QED) is 0.351. The van der Waals surface area contributed by atoms with Crippen molar-refractivity contribution in [1.82, 2.24) is 5.43 Å². The summed E-state index contributed by atoms with van der Waals surface area (Å²) in [6.07, 6.45) is 1.46. The Hall–Kier alpha value is -3.71. The number of amides is 1. The molecule has 3 rings (SSSR count). The highest BCUT2D eigenvalue weighted by Gasteiger charge is 2.15. The van der Waals surface area contributed by atoms with Gasteiger partial charge in [-0.15, -0.1) is 0 Å². The van der Waals surface area contributed by atoms with Gasteiger partial charge in [-0.05, 0) is 35.4 Å². The summed E-state index contributed by atoms with van der Waals surface area (Å²) in [5.41, 5.74) is 3.85. The van der Waals surface area contributed by atoms with Gasteiger partial charge in [-0.1, -0.05) is 54.1 Å². The molecule has 0 saturated carbocycles. The van der Waals surface area contributed by atoms with Crippen LogP contribution in [0.15, 0.2) is 77.9 Å². The molecule has 3 aromatic rings. The standard InChI is InChI=1S/C21H16ClN3O4/c22-19-10-9-17(12-20(19)25(27)28)21(26)24-23-13-16-7-4-8-18(11-16)29-14-15-5-2-1-3-6-15/h1-13H,14H2,(H,24,26)/b23-13+. The molecule has 1 amide bonds. The lowest BCUT2D eigenvalue weighted by Gasteiger charge is -2.06. The Morgan fingerprint density at radius 3 is 2.66 bits per heavy atom. The first-order valence-corrected chi connectivity index (χ1v) is 8.95. The molecule has 0 spiro atoms. The number of ether oxygens (including phenoxy) is 1. The number of nitro groups is 1. The van der Waals surface area contributed by atoms with Crippen LogP contribution in [0.4, 0.5) is 5.69 Å². The van der Waals surface area contributed by atoms with E-state index in [0.29, 0.717) is 12.4 Å². The van der Waals surface area contributed by atoms with Crippen LogP contribution >= 0.6 is 11.6 Å². The summed E-state index contributed by atoms with van der Waals surface area (Å²) in [5.74, 6) is 0.0787. The minimum absolute atomic E-state index is 0.0395. The van der Waals surface area contributed by atoms with Gasteiger partial charge >= 0.3 is 0 Å². The Morgan fingerprint density at radius 1 is 1.10 bits per heavy atom. The van der Waals surface area contributed by atoms with Crippen LogP contribution in [0.1, 0.15) is 21.5 Å². The number of carbonyl (C=O) groups is 1. The molecule has 7 nitrogen and oxygen atoms in total. The molecule has 0 atom stereocenters. The fraction of sp³-hybridized carbons (Fsp3) is 0.0476. The topological polar surface area (TPSA) is 93.8 Å². The monoisotopic (exact) mass is 409 g/mol. The van der Waals surface area contributed by atoms with Crippen molar-refractivity contribution in [3.05, 3.63) is 105 Å². The van der Waals surface area contributed by atoms with Gasteiger partial charge in [-0.25, -0.2) is 5.43 Å². The maximum absolute atomic E-state index is 12.1. The highest BCUT2D eigenvalue weighted by molar-refractivity contribution is 6.32. The summed E-state index contributed by atoms with van der Waals surface area (Å²) >= 11 is 5.75. The van der Waals surface area contributed by atoms with Crippen molar-refractivity contribution in [2.75, 3.05) is 0 Å². The van der Waals surface area contributed by atoms with Crippen LogP contribution in [-0.2, 0) is 6.61 Å². The van der Waals surface area contributed by atoms with Crippen LogP contribution in [0.25, 0.3) is 0 Å². The fourth-order valence-electron chi connectivity index (χ4n) is 2.45. The molecule has 0 saturated heterocycles. The third kappa shape index (κ3) is 5.63. The summed E-state index contributed by atoms with van der Waals surface area (Å²) in [5, 5.41) is 14.8. The molecule has 8 heteroatoms. The van der Waals surface area contributed by atoms with Crippen molar-refractivity contribution in [3.8, 4) is 5.75 Å². The summed E-state index contributed by atoms with van der Waals surface area (Å²) < 4.78 is 5.75. The van der Waals surface area contributed by atoms with E-state index in [1.54, 1.807) is 12.1 Å². The van der Waals surface area contributed by atoms with Crippen molar-refractivity contribution >= 4 is 29.4 Å². The molecular formula is C21H16ClN3O4. The first kappa shape index (κ1) is 20.0. The fourth-order valence-corrected chi connectivity index (χ4v) is 2.64. The maximum atomic E-state index is 12.1. The van der Waals surface area contributed by atoms with Gasteiger partial charge in [0.25, 0.3) is 11.6 Å². The number of carbonyl (C=O) groups excluding carboxylic acids is 1. The zero-order valence-electron chi connectivity index (χ0n) is 15.1. The van der Waals surface area contributed by atoms with E-state index >= 15 is 0 Å². The van der Waals surface area contributed by atoms with Gasteiger partial charge in [0.05, 0.1) is 11.1 Å². The molecule has 0 aromatic heterocycles. The lowest BCUT2D eigenvalue weighted by atomic mass is 10.2. The minimum atomic E-state index is -0.649. The molecule has 3 aromatic carbocycles. The predicted molar refractivity (Wildman–Crippen MR) is 110 cm³/mol. The molecule has 29 heavy (non-hydrogen) atoms. The second-order valence-corrected chi connectivity index (χ2v) is 6.38. The first-order chi connectivity index (χ1) is 14.0. The van der Waals surface area contributed by atoms with Gasteiger partial charge in [-0.3, -0.25) is 14.9 Å². The first-order valence-electron chi connectivity index (χ1n) is 8.57. The third-order valence-electron chi connectivity index (χ3n) is 3.89. The number of nitrogens with one attached hydrogen (secondary N) is 1. The second kappa shape index (κ2) is 9.48. The summed E-state index contributed by atoms with van der Waals surface area (Å²) in [6, 6.07) is 20.8. The SMILES string of the molecule is O=C(N/N=C/c1cccc(OCc2ccccc2)c1)c1ccc(Cl)c([N+](=O)[O-])c1. The highest BCUT2D eigenvalue weighted by atomic mass is 35.5. The Labute approximate surface area is 171 Å². The van der Waals surface area contributed by atoms with Crippen LogP contribution in [0.2, 0.25) is 5.02 Å². The number of halogens is 1. The number of hydrogen-bond acceptors (Lipinski definition) is 5. The van der Waals surface area contributed by atoms with Crippen LogP contribution in [0.5, 0.6) is 5.75 Å². The van der Waals surface area contributed by atoms with Gasteiger partial charge in [0.1, 0.15) is 17.4 Å².